The van der Waals surface area contributed by atoms with E-state index in [1.54, 1.807) is 6.42 Å². The molecule has 3 N–H and O–H groups in total. The molecule has 2 rings (SSSR count). The molecule has 0 aromatic rings. The van der Waals surface area contributed by atoms with Crippen molar-refractivity contribution in [1.29, 1.82) is 0 Å². The van der Waals surface area contributed by atoms with E-state index >= 15 is 0 Å². The first-order chi connectivity index (χ1) is 5.70. The molecule has 0 aromatic heterocycles. The Morgan fingerprint density at radius 1 is 1.25 bits per heavy atom. The number of nitrogens with zero attached hydrogens (tertiary/aromatic N) is 1. The Morgan fingerprint density at radius 2 is 2.00 bits per heavy atom. The summed E-state index contributed by atoms with van der Waals surface area (Å²) in [4.78, 5) is 2.00. The molecular weight excluding hydrogens is 158 g/mol. The summed E-state index contributed by atoms with van der Waals surface area (Å²) in [5, 5.41) is 28.3. The number of rotatable bonds is 0. The minimum Gasteiger partial charge on any atom is -0.391 e. The van der Waals surface area contributed by atoms with Gasteiger partial charge in [0.2, 0.25) is 0 Å². The van der Waals surface area contributed by atoms with Crippen LogP contribution in [-0.4, -0.2) is 57.7 Å². The van der Waals surface area contributed by atoms with Gasteiger partial charge in [-0.3, -0.25) is 4.90 Å². The molecule has 0 unspecified atom stereocenters. The molecule has 0 bridgehead atoms. The molecule has 0 saturated carbocycles. The summed E-state index contributed by atoms with van der Waals surface area (Å²) in [6, 6.07) is -0.259. The number of hydrogen-bond donors (Lipinski definition) is 3. The van der Waals surface area contributed by atoms with E-state index in [0.29, 0.717) is 13.0 Å². The second-order valence-electron chi connectivity index (χ2n) is 3.56. The Kier molecular flexibility index (Phi) is 2.08. The molecule has 0 aliphatic carbocycles. The number of piperidine rings is 1. The van der Waals surface area contributed by atoms with Crippen LogP contribution < -0.4 is 0 Å². The van der Waals surface area contributed by atoms with Crippen LogP contribution in [0.5, 0.6) is 0 Å². The van der Waals surface area contributed by atoms with E-state index in [9.17, 15) is 15.3 Å². The average Bonchev–Trinajstić information content (AvgIpc) is 2.41. The molecule has 69 valence electrons. The van der Waals surface area contributed by atoms with Gasteiger partial charge in [0.1, 0.15) is 0 Å². The lowest BCUT2D eigenvalue weighted by Crippen LogP contribution is -2.55. The van der Waals surface area contributed by atoms with Gasteiger partial charge in [0, 0.05) is 19.5 Å². The molecule has 2 saturated heterocycles. The maximum absolute atomic E-state index is 9.54. The van der Waals surface area contributed by atoms with Gasteiger partial charge in [-0.05, 0) is 6.42 Å². The second-order valence-corrected chi connectivity index (χ2v) is 3.56. The van der Waals surface area contributed by atoms with E-state index in [1.165, 1.54) is 0 Å². The van der Waals surface area contributed by atoms with Gasteiger partial charge in [0.25, 0.3) is 0 Å². The zero-order valence-corrected chi connectivity index (χ0v) is 6.80. The molecule has 2 aliphatic heterocycles. The van der Waals surface area contributed by atoms with Crippen LogP contribution in [0, 0.1) is 6.42 Å². The summed E-state index contributed by atoms with van der Waals surface area (Å²) >= 11 is 0. The zero-order valence-electron chi connectivity index (χ0n) is 6.80. The fraction of sp³-hybridized carbons (Fsp3) is 0.875. The largest absolute Gasteiger partial charge is 0.391 e. The minimum absolute atomic E-state index is 0.259. The van der Waals surface area contributed by atoms with Gasteiger partial charge < -0.3 is 15.3 Å². The van der Waals surface area contributed by atoms with Crippen molar-refractivity contribution in [3.05, 3.63) is 6.42 Å². The fourth-order valence-corrected chi connectivity index (χ4v) is 2.10. The van der Waals surface area contributed by atoms with Crippen LogP contribution in [-0.2, 0) is 0 Å². The first kappa shape index (κ1) is 8.44. The smallest absolute Gasteiger partial charge is 0.0982 e. The van der Waals surface area contributed by atoms with Crippen LogP contribution in [0.4, 0.5) is 0 Å². The second kappa shape index (κ2) is 2.96. The Bertz CT molecular complexity index is 176. The first-order valence-electron chi connectivity index (χ1n) is 4.32. The average molecular weight is 172 g/mol. The molecule has 1 radical (unpaired) electrons. The molecule has 4 heteroatoms. The lowest BCUT2D eigenvalue weighted by molar-refractivity contribution is -0.0637. The van der Waals surface area contributed by atoms with E-state index in [-0.39, 0.29) is 6.04 Å². The maximum Gasteiger partial charge on any atom is 0.0982 e. The van der Waals surface area contributed by atoms with E-state index < -0.39 is 18.3 Å². The maximum atomic E-state index is 9.54. The van der Waals surface area contributed by atoms with Crippen molar-refractivity contribution >= 4 is 0 Å². The molecule has 4 nitrogen and oxygen atoms in total. The van der Waals surface area contributed by atoms with Crippen molar-refractivity contribution in [3.8, 4) is 0 Å². The SMILES string of the molecule is O[C@@H]1[C@H]2[C@@H](O)CCN2C[CH][C@@H]1O. The molecule has 2 fully saturated rings. The third-order valence-corrected chi connectivity index (χ3v) is 2.81. The highest BCUT2D eigenvalue weighted by molar-refractivity contribution is 5.04. The van der Waals surface area contributed by atoms with E-state index in [1.807, 2.05) is 4.90 Å². The van der Waals surface area contributed by atoms with Crippen molar-refractivity contribution in [2.75, 3.05) is 13.1 Å². The summed E-state index contributed by atoms with van der Waals surface area (Å²) < 4.78 is 0. The lowest BCUT2D eigenvalue weighted by atomic mass is 9.95. The van der Waals surface area contributed by atoms with Gasteiger partial charge in [-0.15, -0.1) is 0 Å². The summed E-state index contributed by atoms with van der Waals surface area (Å²) in [6.07, 6.45) is 0.292. The van der Waals surface area contributed by atoms with E-state index in [2.05, 4.69) is 0 Å². The van der Waals surface area contributed by atoms with Crippen molar-refractivity contribution in [1.82, 2.24) is 4.90 Å². The quantitative estimate of drug-likeness (QED) is 0.410. The molecule has 4 atom stereocenters. The third-order valence-electron chi connectivity index (χ3n) is 2.81. The normalized spacial score (nSPS) is 49.2. The van der Waals surface area contributed by atoms with Crippen LogP contribution in [0.15, 0.2) is 0 Å². The Morgan fingerprint density at radius 3 is 2.75 bits per heavy atom. The van der Waals surface area contributed by atoms with Crippen LogP contribution in [0.2, 0.25) is 0 Å². The summed E-state index contributed by atoms with van der Waals surface area (Å²) in [5.41, 5.74) is 0. The van der Waals surface area contributed by atoms with Gasteiger partial charge in [-0.2, -0.15) is 0 Å². The van der Waals surface area contributed by atoms with Gasteiger partial charge in [0.15, 0.2) is 0 Å². The van der Waals surface area contributed by atoms with Crippen molar-refractivity contribution in [3.63, 3.8) is 0 Å². The van der Waals surface area contributed by atoms with Crippen molar-refractivity contribution < 1.29 is 15.3 Å². The lowest BCUT2D eigenvalue weighted by Gasteiger charge is -2.37. The number of fused-ring (bicyclic) bond motifs is 1. The Hall–Kier alpha value is -0.160. The standard InChI is InChI=1S/C8H14NO3/c10-5-1-3-9-4-2-6(11)8(12)7(5)9/h2,5-8,10-12H,1,3-4H2/t5-,6-,7+,8-/m0/s1. The fourth-order valence-electron chi connectivity index (χ4n) is 2.10. The molecule has 0 spiro atoms. The van der Waals surface area contributed by atoms with Crippen LogP contribution in [0.25, 0.3) is 0 Å². The number of aliphatic hydroxyl groups is 3. The topological polar surface area (TPSA) is 63.9 Å². The highest BCUT2D eigenvalue weighted by Gasteiger charge is 2.43. The van der Waals surface area contributed by atoms with Crippen molar-refractivity contribution in [2.45, 2.75) is 30.8 Å². The number of aliphatic hydroxyl groups excluding tert-OH is 3. The monoisotopic (exact) mass is 172 g/mol. The van der Waals surface area contributed by atoms with Gasteiger partial charge in [-0.25, -0.2) is 0 Å². The zero-order chi connectivity index (χ0) is 8.72. The van der Waals surface area contributed by atoms with E-state index in [0.717, 1.165) is 6.54 Å². The molecule has 12 heavy (non-hydrogen) atoms. The predicted molar refractivity (Wildman–Crippen MR) is 42.3 cm³/mol. The highest BCUT2D eigenvalue weighted by atomic mass is 16.3. The van der Waals surface area contributed by atoms with Crippen LogP contribution >= 0.6 is 0 Å². The summed E-state index contributed by atoms with van der Waals surface area (Å²) in [5.74, 6) is 0. The van der Waals surface area contributed by atoms with E-state index in [4.69, 9.17) is 0 Å². The molecule has 2 aliphatic rings. The number of hydrogen-bond acceptors (Lipinski definition) is 4. The van der Waals surface area contributed by atoms with Gasteiger partial charge in [0.05, 0.1) is 24.4 Å². The molecule has 0 aromatic carbocycles. The summed E-state index contributed by atoms with van der Waals surface area (Å²) in [6.45, 7) is 1.48. The summed E-state index contributed by atoms with van der Waals surface area (Å²) in [7, 11) is 0. The van der Waals surface area contributed by atoms with Crippen LogP contribution in [0.3, 0.4) is 0 Å². The molecule has 0 amide bonds. The molecular formula is C8H14NO3. The Labute approximate surface area is 71.4 Å². The third kappa shape index (κ3) is 1.15. The predicted octanol–water partition coefficient (Wildman–Crippen LogP) is -1.64. The van der Waals surface area contributed by atoms with Crippen molar-refractivity contribution in [2.24, 2.45) is 0 Å². The van der Waals surface area contributed by atoms with Crippen LogP contribution in [0.1, 0.15) is 6.42 Å². The van der Waals surface area contributed by atoms with Gasteiger partial charge >= 0.3 is 0 Å². The minimum atomic E-state index is -0.823. The van der Waals surface area contributed by atoms with Gasteiger partial charge in [-0.1, -0.05) is 0 Å². The Balaban J connectivity index is 2.11. The first-order valence-corrected chi connectivity index (χ1v) is 4.32. The highest BCUT2D eigenvalue weighted by Crippen LogP contribution is 2.27. The molecule has 2 heterocycles.